The molecule has 0 aromatic heterocycles. The third-order valence-electron chi connectivity index (χ3n) is 3.02. The zero-order valence-electron chi connectivity index (χ0n) is 9.22. The van der Waals surface area contributed by atoms with Crippen molar-refractivity contribution in [3.63, 3.8) is 0 Å². The molecule has 0 bridgehead atoms. The lowest BCUT2D eigenvalue weighted by Gasteiger charge is -2.19. The van der Waals surface area contributed by atoms with Crippen LogP contribution in [0, 0.1) is 5.41 Å². The Kier molecular flexibility index (Phi) is 2.51. The van der Waals surface area contributed by atoms with E-state index in [0.29, 0.717) is 11.5 Å². The molecule has 13 heavy (non-hydrogen) atoms. The third-order valence-corrected chi connectivity index (χ3v) is 3.02. The van der Waals surface area contributed by atoms with E-state index in [1.54, 1.807) is 0 Å². The van der Waals surface area contributed by atoms with E-state index < -0.39 is 0 Å². The number of rotatable bonds is 2. The smallest absolute Gasteiger partial charge is 0.249 e. The fourth-order valence-electron chi connectivity index (χ4n) is 1.64. The second-order valence-corrected chi connectivity index (χ2v) is 4.60. The average Bonchev–Trinajstić information content (AvgIpc) is 2.71. The first-order valence-corrected chi connectivity index (χ1v) is 4.80. The van der Waals surface area contributed by atoms with Gasteiger partial charge in [0, 0.05) is 18.7 Å². The number of nitrogens with zero attached hydrogens (tertiary/aromatic N) is 1. The van der Waals surface area contributed by atoms with Crippen LogP contribution >= 0.6 is 0 Å². The molecule has 0 heterocycles. The highest BCUT2D eigenvalue weighted by molar-refractivity contribution is 5.93. The molecule has 1 amide bonds. The molecule has 74 valence electrons. The Morgan fingerprint density at radius 3 is 2.31 bits per heavy atom. The van der Waals surface area contributed by atoms with E-state index in [-0.39, 0.29) is 5.91 Å². The Labute approximate surface area is 80.6 Å². The summed E-state index contributed by atoms with van der Waals surface area (Å²) in [6.07, 6.45) is 3.00. The summed E-state index contributed by atoms with van der Waals surface area (Å²) in [5.74, 6) is 0.165. The molecule has 1 unspecified atom stereocenters. The van der Waals surface area contributed by atoms with Gasteiger partial charge in [-0.05, 0) is 25.7 Å². The van der Waals surface area contributed by atoms with E-state index in [4.69, 9.17) is 0 Å². The van der Waals surface area contributed by atoms with E-state index >= 15 is 0 Å². The first-order chi connectivity index (χ1) is 5.90. The summed E-state index contributed by atoms with van der Waals surface area (Å²) in [5, 5.41) is 0. The van der Waals surface area contributed by atoms with Crippen molar-refractivity contribution in [2.24, 2.45) is 5.41 Å². The molecule has 0 saturated heterocycles. The zero-order chi connectivity index (χ0) is 10.2. The van der Waals surface area contributed by atoms with E-state index in [0.717, 1.165) is 12.0 Å². The van der Waals surface area contributed by atoms with E-state index in [1.807, 2.05) is 31.9 Å². The molecular formula is C11H19NO. The predicted molar refractivity (Wildman–Crippen MR) is 54.4 cm³/mol. The van der Waals surface area contributed by atoms with E-state index in [9.17, 15) is 4.79 Å². The average molecular weight is 181 g/mol. The number of allylic oxidation sites excluding steroid dienone is 1. The molecule has 0 N–H and O–H groups in total. The Morgan fingerprint density at radius 2 is 2.00 bits per heavy atom. The molecule has 0 radical (unpaired) electrons. The molecule has 1 atom stereocenters. The summed E-state index contributed by atoms with van der Waals surface area (Å²) in [5.41, 5.74) is 1.17. The minimum Gasteiger partial charge on any atom is -0.338 e. The van der Waals surface area contributed by atoms with Gasteiger partial charge in [0.2, 0.25) is 5.91 Å². The number of carbonyl (C=O) groups excluding carboxylic acids is 1. The van der Waals surface area contributed by atoms with Crippen molar-refractivity contribution in [2.45, 2.75) is 40.2 Å². The van der Waals surface area contributed by atoms with E-state index in [2.05, 4.69) is 13.8 Å². The highest BCUT2D eigenvalue weighted by atomic mass is 16.2. The third kappa shape index (κ3) is 1.93. The molecule has 2 heteroatoms. The van der Waals surface area contributed by atoms with Crippen LogP contribution in [0.5, 0.6) is 0 Å². The maximum atomic E-state index is 11.7. The zero-order valence-corrected chi connectivity index (χ0v) is 9.22. The van der Waals surface area contributed by atoms with Gasteiger partial charge in [0.25, 0.3) is 0 Å². The highest BCUT2D eigenvalue weighted by Gasteiger charge is 2.49. The summed E-state index contributed by atoms with van der Waals surface area (Å²) in [6, 6.07) is 0.440. The number of carbonyl (C=O) groups is 1. The van der Waals surface area contributed by atoms with Crippen LogP contribution in [-0.4, -0.2) is 23.9 Å². The Balaban J connectivity index is 2.60. The molecule has 1 aliphatic rings. The van der Waals surface area contributed by atoms with Crippen molar-refractivity contribution in [3.8, 4) is 0 Å². The monoisotopic (exact) mass is 181 g/mol. The normalized spacial score (nSPS) is 25.6. The van der Waals surface area contributed by atoms with Gasteiger partial charge in [0.05, 0.1) is 0 Å². The number of likely N-dealkylation sites (N-methyl/N-ethyl adjacent to an activating group) is 1. The molecule has 1 saturated carbocycles. The highest BCUT2D eigenvalue weighted by Crippen LogP contribution is 2.48. The second-order valence-electron chi connectivity index (χ2n) is 4.60. The van der Waals surface area contributed by atoms with Gasteiger partial charge >= 0.3 is 0 Å². The first kappa shape index (κ1) is 10.3. The van der Waals surface area contributed by atoms with E-state index in [1.165, 1.54) is 0 Å². The molecule has 0 aliphatic heterocycles. The molecule has 1 rings (SSSR count). The van der Waals surface area contributed by atoms with Crippen LogP contribution in [0.2, 0.25) is 0 Å². The molecule has 0 aromatic rings. The maximum Gasteiger partial charge on any atom is 0.249 e. The Morgan fingerprint density at radius 1 is 1.54 bits per heavy atom. The minimum atomic E-state index is 0.165. The lowest BCUT2D eigenvalue weighted by Crippen LogP contribution is -2.31. The van der Waals surface area contributed by atoms with Crippen molar-refractivity contribution in [2.75, 3.05) is 7.05 Å². The van der Waals surface area contributed by atoms with Crippen molar-refractivity contribution in [1.82, 2.24) is 4.90 Å². The fraction of sp³-hybridized carbons (Fsp3) is 0.727. The van der Waals surface area contributed by atoms with Crippen LogP contribution in [0.4, 0.5) is 0 Å². The van der Waals surface area contributed by atoms with Crippen LogP contribution in [0.1, 0.15) is 34.1 Å². The van der Waals surface area contributed by atoms with Crippen LogP contribution in [0.25, 0.3) is 0 Å². The van der Waals surface area contributed by atoms with Crippen LogP contribution in [-0.2, 0) is 4.79 Å². The summed E-state index contributed by atoms with van der Waals surface area (Å²) in [7, 11) is 1.90. The lowest BCUT2D eigenvalue weighted by molar-refractivity contribution is -0.126. The van der Waals surface area contributed by atoms with Gasteiger partial charge in [0.15, 0.2) is 0 Å². The van der Waals surface area contributed by atoms with Crippen LogP contribution in [0.3, 0.4) is 0 Å². The summed E-state index contributed by atoms with van der Waals surface area (Å²) in [6.45, 7) is 8.17. The lowest BCUT2D eigenvalue weighted by atomic mass is 10.1. The van der Waals surface area contributed by atoms with Gasteiger partial charge < -0.3 is 4.90 Å². The molecule has 2 nitrogen and oxygen atoms in total. The van der Waals surface area contributed by atoms with Crippen molar-refractivity contribution < 1.29 is 4.79 Å². The van der Waals surface area contributed by atoms with Crippen LogP contribution in [0.15, 0.2) is 11.6 Å². The summed E-state index contributed by atoms with van der Waals surface area (Å²) >= 11 is 0. The van der Waals surface area contributed by atoms with Gasteiger partial charge in [-0.2, -0.15) is 0 Å². The van der Waals surface area contributed by atoms with Gasteiger partial charge in [0.1, 0.15) is 0 Å². The number of hydrogen-bond donors (Lipinski definition) is 0. The first-order valence-electron chi connectivity index (χ1n) is 4.80. The Bertz CT molecular complexity index is 253. The standard InChI is InChI=1S/C11H19NO/c1-6-8(2)10(13)12(5)9-7-11(9,3)4/h6,9H,7H2,1-5H3/b8-6-. The summed E-state index contributed by atoms with van der Waals surface area (Å²) in [4.78, 5) is 13.6. The Hall–Kier alpha value is -0.790. The number of hydrogen-bond acceptors (Lipinski definition) is 1. The van der Waals surface area contributed by atoms with Gasteiger partial charge in [-0.25, -0.2) is 0 Å². The van der Waals surface area contributed by atoms with Crippen LogP contribution < -0.4 is 0 Å². The van der Waals surface area contributed by atoms with Crippen molar-refractivity contribution >= 4 is 5.91 Å². The molecule has 1 aliphatic carbocycles. The van der Waals surface area contributed by atoms with Gasteiger partial charge in [-0.3, -0.25) is 4.79 Å². The molecule has 1 fully saturated rings. The summed E-state index contributed by atoms with van der Waals surface area (Å²) < 4.78 is 0. The van der Waals surface area contributed by atoms with Crippen molar-refractivity contribution in [3.05, 3.63) is 11.6 Å². The SMILES string of the molecule is C/C=C(/C)C(=O)N(C)C1CC1(C)C. The molecule has 0 spiro atoms. The maximum absolute atomic E-state index is 11.7. The fourth-order valence-corrected chi connectivity index (χ4v) is 1.64. The van der Waals surface area contributed by atoms with Crippen molar-refractivity contribution in [1.29, 1.82) is 0 Å². The quantitative estimate of drug-likeness (QED) is 0.598. The van der Waals surface area contributed by atoms with Gasteiger partial charge in [-0.15, -0.1) is 0 Å². The molecular weight excluding hydrogens is 162 g/mol. The van der Waals surface area contributed by atoms with Gasteiger partial charge in [-0.1, -0.05) is 19.9 Å². The molecule has 0 aromatic carbocycles. The second kappa shape index (κ2) is 3.17. The minimum absolute atomic E-state index is 0.165. The topological polar surface area (TPSA) is 20.3 Å². The largest absolute Gasteiger partial charge is 0.338 e. The predicted octanol–water partition coefficient (Wildman–Crippen LogP) is 2.21. The number of amides is 1.